The third-order valence-corrected chi connectivity index (χ3v) is 8.77. The van der Waals surface area contributed by atoms with Gasteiger partial charge in [-0.1, -0.05) is 41.4 Å². The molecule has 0 radical (unpaired) electrons. The van der Waals surface area contributed by atoms with Crippen LogP contribution in [0.3, 0.4) is 0 Å². The van der Waals surface area contributed by atoms with Gasteiger partial charge in [-0.15, -0.1) is 11.3 Å². The molecule has 0 atom stereocenters. The molecule has 0 amide bonds. The van der Waals surface area contributed by atoms with E-state index >= 15 is 0 Å². The number of nitrogens with zero attached hydrogens (tertiary/aromatic N) is 3. The highest BCUT2D eigenvalue weighted by Crippen LogP contribution is 2.33. The van der Waals surface area contributed by atoms with Crippen molar-refractivity contribution in [3.8, 4) is 11.3 Å². The lowest BCUT2D eigenvalue weighted by Crippen LogP contribution is -2.48. The second-order valence-electron chi connectivity index (χ2n) is 7.25. The molecule has 0 saturated carbocycles. The van der Waals surface area contributed by atoms with Crippen LogP contribution >= 0.6 is 34.5 Å². The van der Waals surface area contributed by atoms with Crippen LogP contribution in [0.5, 0.6) is 0 Å². The Morgan fingerprint density at radius 3 is 2.33 bits per heavy atom. The number of piperazine rings is 1. The molecular weight excluding hydrogens is 461 g/mol. The fraction of sp³-hybridized carbons (Fsp3) is 0.286. The van der Waals surface area contributed by atoms with E-state index in [1.165, 1.54) is 27.6 Å². The number of aromatic nitrogens is 1. The second kappa shape index (κ2) is 8.48. The van der Waals surface area contributed by atoms with Gasteiger partial charge in [0.05, 0.1) is 10.7 Å². The molecule has 1 fully saturated rings. The summed E-state index contributed by atoms with van der Waals surface area (Å²) in [5, 5.41) is 3.50. The first-order valence-corrected chi connectivity index (χ1v) is 12.6. The van der Waals surface area contributed by atoms with Crippen molar-refractivity contribution in [2.24, 2.45) is 0 Å². The summed E-state index contributed by atoms with van der Waals surface area (Å²) >= 11 is 13.7. The van der Waals surface area contributed by atoms with Crippen molar-refractivity contribution < 1.29 is 8.42 Å². The number of aryl methyl sites for hydroxylation is 2. The number of sulfonamides is 1. The van der Waals surface area contributed by atoms with Crippen molar-refractivity contribution in [1.29, 1.82) is 0 Å². The van der Waals surface area contributed by atoms with Crippen molar-refractivity contribution in [3.05, 3.63) is 63.0 Å². The van der Waals surface area contributed by atoms with E-state index in [9.17, 15) is 8.42 Å². The first-order chi connectivity index (χ1) is 14.3. The molecule has 30 heavy (non-hydrogen) atoms. The van der Waals surface area contributed by atoms with Gasteiger partial charge in [0.2, 0.25) is 10.0 Å². The maximum Gasteiger partial charge on any atom is 0.244 e. The predicted octanol–water partition coefficient (Wildman–Crippen LogP) is 5.24. The van der Waals surface area contributed by atoms with E-state index < -0.39 is 10.0 Å². The zero-order chi connectivity index (χ0) is 21.5. The van der Waals surface area contributed by atoms with Gasteiger partial charge in [-0.25, -0.2) is 13.4 Å². The third-order valence-electron chi connectivity index (χ3n) is 5.25. The Morgan fingerprint density at radius 2 is 1.67 bits per heavy atom. The summed E-state index contributed by atoms with van der Waals surface area (Å²) in [6, 6.07) is 10.7. The summed E-state index contributed by atoms with van der Waals surface area (Å²) in [5.41, 5.74) is 4.52. The average molecular weight is 482 g/mol. The minimum Gasteiger partial charge on any atom is -0.345 e. The standard InChI is InChI=1S/C21H21Cl2N3O2S2/c1-14-4-3-5-15(2)20(14)18-13-29-21(24-18)25-8-10-26(11-9-25)30(27,28)19-12-16(22)6-7-17(19)23/h3-7,12-13H,8-11H2,1-2H3. The first kappa shape index (κ1) is 21.6. The summed E-state index contributed by atoms with van der Waals surface area (Å²) in [4.78, 5) is 7.02. The van der Waals surface area contributed by atoms with E-state index in [0.29, 0.717) is 31.2 Å². The summed E-state index contributed by atoms with van der Waals surface area (Å²) < 4.78 is 27.5. The van der Waals surface area contributed by atoms with Gasteiger partial charge >= 0.3 is 0 Å². The average Bonchev–Trinajstić information content (AvgIpc) is 3.19. The molecule has 0 spiro atoms. The van der Waals surface area contributed by atoms with E-state index in [1.54, 1.807) is 17.4 Å². The molecule has 2 heterocycles. The Bertz CT molecular complexity index is 1170. The molecule has 9 heteroatoms. The fourth-order valence-electron chi connectivity index (χ4n) is 3.68. The lowest BCUT2D eigenvalue weighted by molar-refractivity contribution is 0.385. The van der Waals surface area contributed by atoms with Gasteiger partial charge in [-0.05, 0) is 43.2 Å². The van der Waals surface area contributed by atoms with Gasteiger partial charge in [0, 0.05) is 42.1 Å². The van der Waals surface area contributed by atoms with Gasteiger partial charge in [0.1, 0.15) is 4.90 Å². The van der Waals surface area contributed by atoms with E-state index in [0.717, 1.165) is 16.4 Å². The Labute approximate surface area is 190 Å². The van der Waals surface area contributed by atoms with Crippen LogP contribution in [0.25, 0.3) is 11.3 Å². The Kier molecular flexibility index (Phi) is 6.10. The maximum absolute atomic E-state index is 13.0. The molecule has 1 aromatic heterocycles. The Hall–Kier alpha value is -1.64. The van der Waals surface area contributed by atoms with Gasteiger partial charge in [0.25, 0.3) is 0 Å². The molecule has 0 aliphatic carbocycles. The first-order valence-electron chi connectivity index (χ1n) is 9.49. The van der Waals surface area contributed by atoms with Gasteiger partial charge in [-0.3, -0.25) is 0 Å². The number of anilines is 1. The quantitative estimate of drug-likeness (QED) is 0.510. The zero-order valence-corrected chi connectivity index (χ0v) is 19.7. The molecule has 3 aromatic rings. The van der Waals surface area contributed by atoms with Crippen molar-refractivity contribution >= 4 is 49.7 Å². The maximum atomic E-state index is 13.0. The number of hydrogen-bond acceptors (Lipinski definition) is 5. The van der Waals surface area contributed by atoms with Crippen LogP contribution in [0, 0.1) is 13.8 Å². The van der Waals surface area contributed by atoms with Crippen molar-refractivity contribution in [3.63, 3.8) is 0 Å². The van der Waals surface area contributed by atoms with E-state index in [1.807, 2.05) is 6.07 Å². The highest BCUT2D eigenvalue weighted by molar-refractivity contribution is 7.89. The highest BCUT2D eigenvalue weighted by Gasteiger charge is 2.31. The number of halogens is 2. The number of hydrogen-bond donors (Lipinski definition) is 0. The fourth-order valence-corrected chi connectivity index (χ4v) is 6.71. The lowest BCUT2D eigenvalue weighted by Gasteiger charge is -2.34. The van der Waals surface area contributed by atoms with Crippen molar-refractivity contribution in [1.82, 2.24) is 9.29 Å². The summed E-state index contributed by atoms with van der Waals surface area (Å²) in [6.45, 7) is 6.04. The van der Waals surface area contributed by atoms with Gasteiger partial charge in [-0.2, -0.15) is 4.31 Å². The van der Waals surface area contributed by atoms with E-state index in [-0.39, 0.29) is 9.92 Å². The molecule has 158 valence electrons. The molecule has 0 N–H and O–H groups in total. The van der Waals surface area contributed by atoms with E-state index in [4.69, 9.17) is 28.2 Å². The second-order valence-corrected chi connectivity index (χ2v) is 10.8. The van der Waals surface area contributed by atoms with Crippen LogP contribution in [0.1, 0.15) is 11.1 Å². The van der Waals surface area contributed by atoms with Gasteiger partial charge in [0.15, 0.2) is 5.13 Å². The predicted molar refractivity (Wildman–Crippen MR) is 124 cm³/mol. The molecule has 0 bridgehead atoms. The van der Waals surface area contributed by atoms with Crippen LogP contribution in [0.2, 0.25) is 10.0 Å². The zero-order valence-electron chi connectivity index (χ0n) is 16.6. The molecule has 1 saturated heterocycles. The van der Waals surface area contributed by atoms with Crippen LogP contribution in [-0.2, 0) is 10.0 Å². The summed E-state index contributed by atoms with van der Waals surface area (Å²) in [5.74, 6) is 0. The highest BCUT2D eigenvalue weighted by atomic mass is 35.5. The molecule has 2 aromatic carbocycles. The van der Waals surface area contributed by atoms with Crippen LogP contribution in [0.15, 0.2) is 46.7 Å². The summed E-state index contributed by atoms with van der Waals surface area (Å²) in [7, 11) is -3.70. The summed E-state index contributed by atoms with van der Waals surface area (Å²) in [6.07, 6.45) is 0. The monoisotopic (exact) mass is 481 g/mol. The molecule has 1 aliphatic rings. The molecule has 4 rings (SSSR count). The van der Waals surface area contributed by atoms with Crippen LogP contribution in [0.4, 0.5) is 5.13 Å². The molecular formula is C21H21Cl2N3O2S2. The number of rotatable bonds is 4. The normalized spacial score (nSPS) is 15.5. The van der Waals surface area contributed by atoms with E-state index in [2.05, 4.69) is 36.3 Å². The topological polar surface area (TPSA) is 53.5 Å². The van der Waals surface area contributed by atoms with Gasteiger partial charge < -0.3 is 4.90 Å². The SMILES string of the molecule is Cc1cccc(C)c1-c1csc(N2CCN(S(=O)(=O)c3cc(Cl)ccc3Cl)CC2)n1. The smallest absolute Gasteiger partial charge is 0.244 e. The Balaban J connectivity index is 1.50. The minimum atomic E-state index is -3.70. The lowest BCUT2D eigenvalue weighted by atomic mass is 10.0. The Morgan fingerprint density at radius 1 is 1.00 bits per heavy atom. The number of benzene rings is 2. The molecule has 1 aliphatic heterocycles. The third kappa shape index (κ3) is 4.09. The van der Waals surface area contributed by atoms with Crippen molar-refractivity contribution in [2.45, 2.75) is 18.7 Å². The largest absolute Gasteiger partial charge is 0.345 e. The number of thiazole rings is 1. The van der Waals surface area contributed by atoms with Crippen LogP contribution in [-0.4, -0.2) is 43.9 Å². The minimum absolute atomic E-state index is 0.0525. The molecule has 0 unspecified atom stereocenters. The van der Waals surface area contributed by atoms with Crippen molar-refractivity contribution in [2.75, 3.05) is 31.1 Å². The van der Waals surface area contributed by atoms with Crippen LogP contribution < -0.4 is 4.90 Å². The molecule has 5 nitrogen and oxygen atoms in total.